The summed E-state index contributed by atoms with van der Waals surface area (Å²) in [5, 5.41) is 0.743. The monoisotopic (exact) mass is 710 g/mol. The van der Waals surface area contributed by atoms with Gasteiger partial charge in [-0.15, -0.1) is 4.36 Å². The number of anilines is 1. The highest BCUT2D eigenvalue weighted by atomic mass is 35.5. The Morgan fingerprint density at radius 3 is 2.73 bits per heavy atom. The molecule has 3 amide bonds. The summed E-state index contributed by atoms with van der Waals surface area (Å²) in [5.41, 5.74) is 3.44. The number of urea groups is 1. The number of nitrogens with one attached hydrogen (secondary N) is 1. The van der Waals surface area contributed by atoms with E-state index in [1.165, 1.54) is 11.1 Å². The first-order valence-electron chi connectivity index (χ1n) is 17.5. The fourth-order valence-electron chi connectivity index (χ4n) is 8.42. The van der Waals surface area contributed by atoms with Gasteiger partial charge in [0.1, 0.15) is 15.7 Å². The minimum atomic E-state index is -3.44. The molecule has 1 saturated heterocycles. The van der Waals surface area contributed by atoms with Crippen molar-refractivity contribution in [2.75, 3.05) is 51.1 Å². The SMILES string of the molecule is CO[C@H]1/C=C\CCCS(=O)(NC(=O)N2C[C@@H](OC)[C@@H]2C)=NC(=O)c2ccc3c(c2)N(C[C@@H]2CC[C@H]21)C[C@@]1(CCCc2cc(Cl)ccc21)CO3. The topological polar surface area (TPSA) is 110 Å². The molecule has 1 unspecified atom stereocenters. The average molecular weight is 711 g/mol. The zero-order valence-corrected chi connectivity index (χ0v) is 30.1. The number of carbonyl (C=O) groups excluding carboxylic acids is 2. The molecule has 1 N–H and O–H groups in total. The molecule has 2 aromatic carbocycles. The van der Waals surface area contributed by atoms with E-state index in [1.54, 1.807) is 25.2 Å². The minimum absolute atomic E-state index is 0.0378. The maximum atomic E-state index is 14.3. The van der Waals surface area contributed by atoms with E-state index in [0.717, 1.165) is 55.9 Å². The minimum Gasteiger partial charge on any atom is -0.490 e. The highest BCUT2D eigenvalue weighted by Crippen LogP contribution is 2.47. The number of halogens is 1. The van der Waals surface area contributed by atoms with Crippen LogP contribution in [0.4, 0.5) is 10.5 Å². The van der Waals surface area contributed by atoms with Gasteiger partial charge < -0.3 is 24.0 Å². The Morgan fingerprint density at radius 1 is 1.12 bits per heavy atom. The van der Waals surface area contributed by atoms with Crippen LogP contribution >= 0.6 is 11.6 Å². The van der Waals surface area contributed by atoms with Crippen molar-refractivity contribution in [2.45, 2.75) is 75.5 Å². The lowest BCUT2D eigenvalue weighted by molar-refractivity contribution is -0.0508. The number of likely N-dealkylation sites (tertiary alicyclic amines) is 1. The molecule has 1 saturated carbocycles. The van der Waals surface area contributed by atoms with Gasteiger partial charge in [-0.1, -0.05) is 29.8 Å². The second-order valence-electron chi connectivity index (χ2n) is 14.4. The van der Waals surface area contributed by atoms with E-state index in [-0.39, 0.29) is 29.4 Å². The van der Waals surface area contributed by atoms with Crippen molar-refractivity contribution < 1.29 is 28.0 Å². The van der Waals surface area contributed by atoms with E-state index in [1.807, 2.05) is 25.1 Å². The molecule has 2 aliphatic carbocycles. The molecule has 1 spiro atoms. The molecule has 0 aromatic heterocycles. The molecule has 2 bridgehead atoms. The Bertz CT molecular complexity index is 1760. The van der Waals surface area contributed by atoms with Crippen LogP contribution in [0.25, 0.3) is 0 Å². The van der Waals surface area contributed by atoms with Crippen LogP contribution < -0.4 is 14.4 Å². The molecule has 12 heteroatoms. The van der Waals surface area contributed by atoms with E-state index < -0.39 is 21.9 Å². The number of fused-ring (bicyclic) bond motifs is 4. The molecule has 7 rings (SSSR count). The van der Waals surface area contributed by atoms with Crippen molar-refractivity contribution in [3.05, 3.63) is 70.3 Å². The molecule has 3 aliphatic heterocycles. The second-order valence-corrected chi connectivity index (χ2v) is 16.9. The van der Waals surface area contributed by atoms with Gasteiger partial charge in [0.25, 0.3) is 5.91 Å². The number of nitrogens with zero attached hydrogens (tertiary/aromatic N) is 3. The number of hydrogen-bond donors (Lipinski definition) is 1. The molecule has 10 nitrogen and oxygen atoms in total. The van der Waals surface area contributed by atoms with Gasteiger partial charge in [-0.25, -0.2) is 9.00 Å². The quantitative estimate of drug-likeness (QED) is 0.381. The highest BCUT2D eigenvalue weighted by molar-refractivity contribution is 7.92. The van der Waals surface area contributed by atoms with E-state index in [0.29, 0.717) is 49.1 Å². The van der Waals surface area contributed by atoms with Crippen LogP contribution in [0, 0.1) is 11.8 Å². The van der Waals surface area contributed by atoms with Crippen molar-refractivity contribution in [1.82, 2.24) is 9.62 Å². The first-order chi connectivity index (χ1) is 23.6. The molecule has 2 fully saturated rings. The van der Waals surface area contributed by atoms with Gasteiger partial charge in [-0.2, -0.15) is 0 Å². The number of aryl methyl sites for hydroxylation is 1. The lowest BCUT2D eigenvalue weighted by Gasteiger charge is -2.46. The largest absolute Gasteiger partial charge is 0.490 e. The number of ether oxygens (including phenoxy) is 3. The predicted octanol–water partition coefficient (Wildman–Crippen LogP) is 6.16. The van der Waals surface area contributed by atoms with Crippen LogP contribution in [0.5, 0.6) is 5.75 Å². The molecular formula is C37H47ClN4O6S. The van der Waals surface area contributed by atoms with Crippen LogP contribution in [0.15, 0.2) is 52.9 Å². The first-order valence-corrected chi connectivity index (χ1v) is 19.6. The van der Waals surface area contributed by atoms with Crippen LogP contribution in [0.2, 0.25) is 5.02 Å². The van der Waals surface area contributed by atoms with Gasteiger partial charge in [0.2, 0.25) is 0 Å². The van der Waals surface area contributed by atoms with E-state index in [4.69, 9.17) is 25.8 Å². The molecule has 0 radical (unpaired) electrons. The third-order valence-electron chi connectivity index (χ3n) is 11.5. The smallest absolute Gasteiger partial charge is 0.330 e. The van der Waals surface area contributed by atoms with Gasteiger partial charge in [-0.3, -0.25) is 9.52 Å². The van der Waals surface area contributed by atoms with Crippen molar-refractivity contribution in [3.8, 4) is 5.75 Å². The van der Waals surface area contributed by atoms with Crippen molar-refractivity contribution in [2.24, 2.45) is 16.2 Å². The lowest BCUT2D eigenvalue weighted by atomic mass is 9.68. The molecule has 49 heavy (non-hydrogen) atoms. The van der Waals surface area contributed by atoms with Crippen LogP contribution in [0.3, 0.4) is 0 Å². The summed E-state index contributed by atoms with van der Waals surface area (Å²) < 4.78 is 39.2. The highest BCUT2D eigenvalue weighted by Gasteiger charge is 2.45. The number of rotatable bonds is 3. The number of methoxy groups -OCH3 is 2. The Kier molecular flexibility index (Phi) is 9.73. The van der Waals surface area contributed by atoms with Gasteiger partial charge in [0, 0.05) is 43.3 Å². The Balaban J connectivity index is 1.26. The second kappa shape index (κ2) is 13.9. The fraction of sp³-hybridized carbons (Fsp3) is 0.568. The maximum Gasteiger partial charge on any atom is 0.330 e. The third-order valence-corrected chi connectivity index (χ3v) is 13.5. The van der Waals surface area contributed by atoms with Crippen LogP contribution in [-0.4, -0.2) is 85.5 Å². The van der Waals surface area contributed by atoms with E-state index in [9.17, 15) is 13.8 Å². The normalized spacial score (nSPS) is 33.5. The molecule has 2 aromatic rings. The van der Waals surface area contributed by atoms with Crippen molar-refractivity contribution in [3.63, 3.8) is 0 Å². The summed E-state index contributed by atoms with van der Waals surface area (Å²) in [6, 6.07) is 10.9. The summed E-state index contributed by atoms with van der Waals surface area (Å²) in [4.78, 5) is 31.1. The van der Waals surface area contributed by atoms with Gasteiger partial charge in [0.05, 0.1) is 42.8 Å². The summed E-state index contributed by atoms with van der Waals surface area (Å²) >= 11 is 6.45. The fourth-order valence-corrected chi connectivity index (χ4v) is 10.2. The first kappa shape index (κ1) is 34.3. The van der Waals surface area contributed by atoms with Crippen molar-refractivity contribution >= 4 is 39.1 Å². The zero-order valence-electron chi connectivity index (χ0n) is 28.6. The predicted molar refractivity (Wildman–Crippen MR) is 191 cm³/mol. The zero-order chi connectivity index (χ0) is 34.3. The van der Waals surface area contributed by atoms with Gasteiger partial charge in [0.15, 0.2) is 0 Å². The van der Waals surface area contributed by atoms with Crippen LogP contribution in [-0.2, 0) is 31.2 Å². The third kappa shape index (κ3) is 6.71. The number of benzene rings is 2. The van der Waals surface area contributed by atoms with E-state index >= 15 is 0 Å². The van der Waals surface area contributed by atoms with E-state index in [2.05, 4.69) is 38.3 Å². The number of allylic oxidation sites excluding steroid dienone is 1. The van der Waals surface area contributed by atoms with Gasteiger partial charge in [-0.05, 0) is 105 Å². The van der Waals surface area contributed by atoms with Gasteiger partial charge >= 0.3 is 6.03 Å². The average Bonchev–Trinajstić information content (AvgIpc) is 3.21. The Hall–Kier alpha value is -3.12. The van der Waals surface area contributed by atoms with Crippen LogP contribution in [0.1, 0.15) is 66.9 Å². The summed E-state index contributed by atoms with van der Waals surface area (Å²) in [5.74, 6) is 0.884. The lowest BCUT2D eigenvalue weighted by Crippen LogP contribution is -2.64. The number of amides is 3. The Labute approximate surface area is 294 Å². The standard InChI is InChI=1S/C37H47ClN4O6S/c1-24-34(47-3)21-42(24)36(44)40-49(45)17-6-4-5-9-32(46-2)29-13-10-27(29)20-41-22-37(16-7-8-25-18-28(38)12-14-30(25)37)23-48-33-15-11-26(19-31(33)41)35(43)39-49/h5,9,11-12,14-15,18-19,24,27,29,32,34H,4,6-8,10,13,16-17,20-23H2,1-3H3,(H,39,40,43,44,45)/b9-5-/t24-,27-,29+,32-,34+,37-,49?/m0/s1. The molecule has 3 heterocycles. The maximum absolute atomic E-state index is 14.3. The molecule has 7 atom stereocenters. The Morgan fingerprint density at radius 2 is 1.98 bits per heavy atom. The summed E-state index contributed by atoms with van der Waals surface area (Å²) in [7, 11) is -0.0674. The molecule has 264 valence electrons. The van der Waals surface area contributed by atoms with Crippen molar-refractivity contribution in [1.29, 1.82) is 0 Å². The number of carbonyl (C=O) groups is 2. The molecule has 5 aliphatic rings. The summed E-state index contributed by atoms with van der Waals surface area (Å²) in [6.45, 7) is 4.29. The number of hydrogen-bond acceptors (Lipinski definition) is 7. The molecular weight excluding hydrogens is 664 g/mol. The summed E-state index contributed by atoms with van der Waals surface area (Å²) in [6.07, 6.45) is 10.3.